The number of ether oxygens (including phenoxy) is 5. The van der Waals surface area contributed by atoms with Crippen molar-refractivity contribution >= 4 is 103 Å². The molecule has 5 atom stereocenters. The molecule has 72 heavy (non-hydrogen) atoms. The average molecular weight is 1080 g/mol. The van der Waals surface area contributed by atoms with Gasteiger partial charge < -0.3 is 49.5 Å². The maximum absolute atomic E-state index is 14.1. The first-order valence-corrected chi connectivity index (χ1v) is 24.7. The van der Waals surface area contributed by atoms with E-state index in [9.17, 15) is 14.4 Å². The minimum atomic E-state index is -0.694. The Kier molecular flexibility index (Phi) is 16.4. The second-order valence-electron chi connectivity index (χ2n) is 16.9. The van der Waals surface area contributed by atoms with Gasteiger partial charge in [0.1, 0.15) is 34.9 Å². The van der Waals surface area contributed by atoms with E-state index in [4.69, 9.17) is 91.7 Å². The molecule has 3 aromatic heterocycles. The van der Waals surface area contributed by atoms with Gasteiger partial charge in [0.05, 0.1) is 88.8 Å². The number of fused-ring (bicyclic) bond motifs is 2. The molecule has 16 nitrogen and oxygen atoms in total. The highest BCUT2D eigenvalue weighted by Gasteiger charge is 2.33. The second-order valence-corrected chi connectivity index (χ2v) is 18.8. The standard InChI is InChI=1S/C51H49Cl5N8O8/c1-7-41(65)61-33-18-28(72-24-34(33)62-51-58-23-27-15-25(17-30(52)49(27)63-51)43-45(53)36(68-3)20-37(69-4)46(43)54)13-14-42(66)60-32-12-10-9-11-31(32)59-40-19-35-26(22-57-40)16-29(50(67)64(35)8-2)44-47(55)38(70-5)21-39(71-6)48(44)56/h7,15-17,19-23,28,31-34H,1,8-12,18,24H2,2-6H3,(H,57,59)(H,60,66)(H,61,65)(H,58,62,63). The van der Waals surface area contributed by atoms with E-state index in [2.05, 4.69) is 44.7 Å². The van der Waals surface area contributed by atoms with Crippen LogP contribution in [0.5, 0.6) is 23.0 Å². The molecule has 1 saturated carbocycles. The quantitative estimate of drug-likeness (QED) is 0.0597. The molecular weight excluding hydrogens is 1030 g/mol. The second kappa shape index (κ2) is 22.7. The van der Waals surface area contributed by atoms with Gasteiger partial charge in [-0.05, 0) is 55.5 Å². The van der Waals surface area contributed by atoms with Crippen LogP contribution in [0.4, 0.5) is 11.8 Å². The molecule has 2 aliphatic rings. The van der Waals surface area contributed by atoms with E-state index in [0.717, 1.165) is 19.3 Å². The zero-order chi connectivity index (χ0) is 51.4. The van der Waals surface area contributed by atoms with Crippen molar-refractivity contribution in [3.63, 3.8) is 0 Å². The summed E-state index contributed by atoms with van der Waals surface area (Å²) in [6, 6.07) is 8.72. The van der Waals surface area contributed by atoms with Crippen molar-refractivity contribution in [2.45, 2.75) is 75.8 Å². The SMILES string of the molecule is C=CC(=O)NC1CC(C#CC(=O)NC2CCCCC2Nc2cc3c(cn2)cc(-c2c(Cl)c(OC)cc(OC)c2Cl)c(=O)n3CC)OCC1Nc1ncc2cc(-c3c(Cl)c(OC)cc(OC)c3Cl)cc(Cl)c2n1. The number of amides is 2. The van der Waals surface area contributed by atoms with Gasteiger partial charge in [-0.25, -0.2) is 15.0 Å². The Morgan fingerprint density at radius 3 is 2.03 bits per heavy atom. The summed E-state index contributed by atoms with van der Waals surface area (Å²) in [6.45, 7) is 5.91. The highest BCUT2D eigenvalue weighted by Crippen LogP contribution is 2.48. The number of hydrogen-bond donors (Lipinski definition) is 4. The zero-order valence-electron chi connectivity index (χ0n) is 39.7. The molecule has 1 saturated heterocycles. The Hall–Kier alpha value is -6.19. The number of methoxy groups -OCH3 is 4. The highest BCUT2D eigenvalue weighted by molar-refractivity contribution is 6.42. The summed E-state index contributed by atoms with van der Waals surface area (Å²) in [6.07, 6.45) is 7.31. The number of carbonyl (C=O) groups excluding carboxylic acids is 2. The van der Waals surface area contributed by atoms with E-state index < -0.39 is 30.0 Å². The monoisotopic (exact) mass is 1080 g/mol. The van der Waals surface area contributed by atoms with E-state index in [1.54, 1.807) is 47.3 Å². The van der Waals surface area contributed by atoms with Gasteiger partial charge in [-0.2, -0.15) is 0 Å². The predicted octanol–water partition coefficient (Wildman–Crippen LogP) is 9.78. The molecule has 1 aliphatic carbocycles. The Bertz CT molecular complexity index is 3180. The lowest BCUT2D eigenvalue weighted by molar-refractivity contribution is -0.118. The lowest BCUT2D eigenvalue weighted by atomic mass is 9.90. The summed E-state index contributed by atoms with van der Waals surface area (Å²) in [5, 5.41) is 15.3. The Balaban J connectivity index is 0.948. The third-order valence-corrected chi connectivity index (χ3v) is 14.4. The molecule has 21 heteroatoms. The highest BCUT2D eigenvalue weighted by atomic mass is 35.5. The summed E-state index contributed by atoms with van der Waals surface area (Å²) in [7, 11) is 5.93. The van der Waals surface area contributed by atoms with Crippen LogP contribution in [0.2, 0.25) is 25.1 Å². The van der Waals surface area contributed by atoms with E-state index in [1.165, 1.54) is 34.5 Å². The van der Waals surface area contributed by atoms with Gasteiger partial charge in [-0.15, -0.1) is 0 Å². The minimum absolute atomic E-state index is 0.0869. The molecule has 2 amide bonds. The number of carbonyl (C=O) groups is 2. The number of rotatable bonds is 14. The Morgan fingerprint density at radius 1 is 0.778 bits per heavy atom. The van der Waals surface area contributed by atoms with E-state index >= 15 is 0 Å². The summed E-state index contributed by atoms with van der Waals surface area (Å²) in [4.78, 5) is 54.1. The molecule has 5 unspecified atom stereocenters. The summed E-state index contributed by atoms with van der Waals surface area (Å²) in [5.74, 6) is 6.94. The van der Waals surface area contributed by atoms with Gasteiger partial charge in [0.25, 0.3) is 11.5 Å². The van der Waals surface area contributed by atoms with Crippen molar-refractivity contribution in [3.05, 3.63) is 96.9 Å². The average Bonchev–Trinajstić information content (AvgIpc) is 3.37. The molecule has 2 fully saturated rings. The fourth-order valence-corrected chi connectivity index (χ4v) is 10.7. The van der Waals surface area contributed by atoms with Crippen molar-refractivity contribution in [2.24, 2.45) is 0 Å². The number of pyridine rings is 2. The van der Waals surface area contributed by atoms with Crippen molar-refractivity contribution in [3.8, 4) is 57.1 Å². The maximum atomic E-state index is 14.1. The molecular formula is C51H49Cl5N8O8. The van der Waals surface area contributed by atoms with Gasteiger partial charge in [-0.3, -0.25) is 14.4 Å². The molecule has 3 aromatic carbocycles. The molecule has 4 N–H and O–H groups in total. The Labute approximate surface area is 440 Å². The molecule has 4 heterocycles. The largest absolute Gasteiger partial charge is 0.495 e. The van der Waals surface area contributed by atoms with Crippen LogP contribution in [0, 0.1) is 11.8 Å². The number of halogens is 5. The van der Waals surface area contributed by atoms with Gasteiger partial charge >= 0.3 is 0 Å². The van der Waals surface area contributed by atoms with Crippen LogP contribution in [-0.4, -0.2) is 96.7 Å². The number of nitrogens with zero attached hydrogens (tertiary/aromatic N) is 4. The van der Waals surface area contributed by atoms with E-state index in [-0.39, 0.29) is 62.3 Å². The van der Waals surface area contributed by atoms with Crippen molar-refractivity contribution in [2.75, 3.05) is 45.7 Å². The van der Waals surface area contributed by atoms with Gasteiger partial charge in [0, 0.05) is 77.5 Å². The molecule has 0 spiro atoms. The van der Waals surface area contributed by atoms with Gasteiger partial charge in [-0.1, -0.05) is 83.3 Å². The van der Waals surface area contributed by atoms with Crippen LogP contribution in [0.15, 0.2) is 66.2 Å². The minimum Gasteiger partial charge on any atom is -0.495 e. The third-order valence-electron chi connectivity index (χ3n) is 12.7. The third kappa shape index (κ3) is 10.8. The fraction of sp³-hybridized carbons (Fsp3) is 0.333. The molecule has 8 rings (SSSR count). The van der Waals surface area contributed by atoms with Crippen molar-refractivity contribution in [1.29, 1.82) is 0 Å². The number of aryl methyl sites for hydroxylation is 1. The first-order valence-electron chi connectivity index (χ1n) is 22.8. The van der Waals surface area contributed by atoms with Crippen LogP contribution < -0.4 is 45.8 Å². The number of anilines is 2. The number of aromatic nitrogens is 4. The topological polar surface area (TPSA) is 189 Å². The van der Waals surface area contributed by atoms with Crippen LogP contribution in [-0.2, 0) is 20.9 Å². The van der Waals surface area contributed by atoms with Gasteiger partial charge in [0.15, 0.2) is 0 Å². The summed E-state index contributed by atoms with van der Waals surface area (Å²) < 4.78 is 29.5. The van der Waals surface area contributed by atoms with Crippen molar-refractivity contribution in [1.82, 2.24) is 30.2 Å². The lowest BCUT2D eigenvalue weighted by Crippen LogP contribution is -2.54. The number of nitrogens with one attached hydrogen (secondary N) is 4. The predicted molar refractivity (Wildman–Crippen MR) is 283 cm³/mol. The smallest absolute Gasteiger partial charge is 0.296 e. The first-order chi connectivity index (χ1) is 34.7. The van der Waals surface area contributed by atoms with Crippen LogP contribution in [0.25, 0.3) is 44.1 Å². The zero-order valence-corrected chi connectivity index (χ0v) is 43.5. The Morgan fingerprint density at radius 2 is 1.40 bits per heavy atom. The molecule has 6 aromatic rings. The summed E-state index contributed by atoms with van der Waals surface area (Å²) in [5.41, 5.74) is 2.42. The molecule has 376 valence electrons. The molecule has 1 aliphatic heterocycles. The maximum Gasteiger partial charge on any atom is 0.296 e. The van der Waals surface area contributed by atoms with Crippen LogP contribution in [0.1, 0.15) is 39.0 Å². The number of benzene rings is 3. The molecule has 0 bridgehead atoms. The summed E-state index contributed by atoms with van der Waals surface area (Å²) >= 11 is 33.7. The lowest BCUT2D eigenvalue weighted by Gasteiger charge is -2.35. The number of hydrogen-bond acceptors (Lipinski definition) is 13. The van der Waals surface area contributed by atoms with E-state index in [0.29, 0.717) is 85.3 Å². The normalized spacial score (nSPS) is 18.6. The fourth-order valence-electron chi connectivity index (χ4n) is 9.05. The first kappa shape index (κ1) is 52.1. The van der Waals surface area contributed by atoms with E-state index in [1.807, 2.05) is 13.0 Å². The van der Waals surface area contributed by atoms with Crippen LogP contribution in [0.3, 0.4) is 0 Å². The van der Waals surface area contributed by atoms with Crippen molar-refractivity contribution < 1.29 is 33.3 Å². The van der Waals surface area contributed by atoms with Gasteiger partial charge in [0.2, 0.25) is 11.9 Å². The molecule has 0 radical (unpaired) electrons. The van der Waals surface area contributed by atoms with Crippen LogP contribution >= 0.6 is 58.0 Å².